The van der Waals surface area contributed by atoms with E-state index >= 15 is 0 Å². The molecule has 2 heteroatoms. The second-order valence-corrected chi connectivity index (χ2v) is 6.21. The van der Waals surface area contributed by atoms with Crippen molar-refractivity contribution in [3.63, 3.8) is 0 Å². The van der Waals surface area contributed by atoms with Crippen LogP contribution in [0.4, 0.5) is 0 Å². The Labute approximate surface area is 148 Å². The number of fused-ring (bicyclic) bond motifs is 1. The highest BCUT2D eigenvalue weighted by molar-refractivity contribution is 5.59. The molecule has 124 valence electrons. The molecule has 0 fully saturated rings. The topological polar surface area (TPSA) is 22.4 Å². The van der Waals surface area contributed by atoms with Gasteiger partial charge in [0.05, 0.1) is 6.10 Å². The molecule has 3 aromatic rings. The van der Waals surface area contributed by atoms with E-state index in [2.05, 4.69) is 30.0 Å². The molecule has 1 heterocycles. The van der Waals surface area contributed by atoms with Gasteiger partial charge in [-0.15, -0.1) is 0 Å². The van der Waals surface area contributed by atoms with Crippen molar-refractivity contribution in [2.24, 2.45) is 0 Å². The van der Waals surface area contributed by atoms with Crippen LogP contribution in [0.15, 0.2) is 71.1 Å². The van der Waals surface area contributed by atoms with Crippen molar-refractivity contribution in [2.75, 3.05) is 6.61 Å². The summed E-state index contributed by atoms with van der Waals surface area (Å²) in [5, 5.41) is 0. The Hall–Kier alpha value is -2.76. The zero-order chi connectivity index (χ0) is 16.9. The molecule has 1 aromatic heterocycles. The van der Waals surface area contributed by atoms with Crippen LogP contribution < -0.4 is 0 Å². The Bertz CT molecular complexity index is 882. The molecule has 4 rings (SSSR count). The van der Waals surface area contributed by atoms with Crippen molar-refractivity contribution in [3.8, 4) is 23.2 Å². The SMILES string of the molecule is C(#Cc1ccccc1)CO[C@H]1CCCc2oc(-c3ccccc3)cc21. The molecule has 1 aliphatic carbocycles. The van der Waals surface area contributed by atoms with Crippen LogP contribution in [0, 0.1) is 11.8 Å². The van der Waals surface area contributed by atoms with E-state index in [1.807, 2.05) is 48.5 Å². The van der Waals surface area contributed by atoms with Gasteiger partial charge < -0.3 is 9.15 Å². The lowest BCUT2D eigenvalue weighted by Gasteiger charge is -2.20. The number of ether oxygens (including phenoxy) is 1. The lowest BCUT2D eigenvalue weighted by atomic mass is 9.95. The first kappa shape index (κ1) is 15.7. The van der Waals surface area contributed by atoms with Crippen LogP contribution in [-0.4, -0.2) is 6.61 Å². The summed E-state index contributed by atoms with van der Waals surface area (Å²) in [5.74, 6) is 8.24. The second-order valence-electron chi connectivity index (χ2n) is 6.21. The van der Waals surface area contributed by atoms with Crippen LogP contribution in [0.1, 0.15) is 35.8 Å². The van der Waals surface area contributed by atoms with E-state index in [0.29, 0.717) is 6.61 Å². The van der Waals surface area contributed by atoms with Crippen molar-refractivity contribution in [1.82, 2.24) is 0 Å². The Balaban J connectivity index is 1.47. The fourth-order valence-corrected chi connectivity index (χ4v) is 3.23. The van der Waals surface area contributed by atoms with Crippen LogP contribution in [0.2, 0.25) is 0 Å². The summed E-state index contributed by atoms with van der Waals surface area (Å²) >= 11 is 0. The van der Waals surface area contributed by atoms with Gasteiger partial charge in [-0.2, -0.15) is 0 Å². The number of aryl methyl sites for hydroxylation is 1. The summed E-state index contributed by atoms with van der Waals surface area (Å²) in [6.45, 7) is 0.435. The third-order valence-electron chi connectivity index (χ3n) is 4.48. The van der Waals surface area contributed by atoms with Crippen molar-refractivity contribution in [3.05, 3.63) is 83.6 Å². The molecule has 2 nitrogen and oxygen atoms in total. The Morgan fingerprint density at radius 2 is 1.76 bits per heavy atom. The van der Waals surface area contributed by atoms with Gasteiger partial charge in [0.1, 0.15) is 18.1 Å². The molecular formula is C23H20O2. The monoisotopic (exact) mass is 328 g/mol. The van der Waals surface area contributed by atoms with Crippen LogP contribution in [0.3, 0.4) is 0 Å². The number of hydrogen-bond donors (Lipinski definition) is 0. The predicted octanol–water partition coefficient (Wildman–Crippen LogP) is 5.39. The van der Waals surface area contributed by atoms with Crippen molar-refractivity contribution in [2.45, 2.75) is 25.4 Å². The maximum absolute atomic E-state index is 6.08. The minimum atomic E-state index is 0.0787. The zero-order valence-electron chi connectivity index (χ0n) is 14.1. The first-order chi connectivity index (χ1) is 12.4. The molecule has 0 amide bonds. The lowest BCUT2D eigenvalue weighted by molar-refractivity contribution is 0.0624. The van der Waals surface area contributed by atoms with E-state index in [-0.39, 0.29) is 6.10 Å². The van der Waals surface area contributed by atoms with Gasteiger partial charge in [-0.05, 0) is 31.0 Å². The lowest BCUT2D eigenvalue weighted by Crippen LogP contribution is -2.11. The number of furan rings is 1. The third-order valence-corrected chi connectivity index (χ3v) is 4.48. The highest BCUT2D eigenvalue weighted by atomic mass is 16.5. The zero-order valence-corrected chi connectivity index (χ0v) is 14.1. The molecule has 1 aliphatic rings. The number of benzene rings is 2. The van der Waals surface area contributed by atoms with E-state index in [1.54, 1.807) is 0 Å². The smallest absolute Gasteiger partial charge is 0.134 e. The third kappa shape index (κ3) is 3.68. The van der Waals surface area contributed by atoms with Crippen LogP contribution in [0.5, 0.6) is 0 Å². The standard InChI is InChI=1S/C23H20O2/c1-3-9-18(10-4-1)11-8-16-24-21-14-7-15-22-20(21)17-23(25-22)19-12-5-2-6-13-19/h1-6,9-10,12-13,17,21H,7,14-16H2/t21-/m0/s1. The van der Waals surface area contributed by atoms with E-state index in [9.17, 15) is 0 Å². The second kappa shape index (κ2) is 7.42. The van der Waals surface area contributed by atoms with E-state index in [0.717, 1.165) is 41.9 Å². The Kier molecular flexibility index (Phi) is 4.68. The average molecular weight is 328 g/mol. The highest BCUT2D eigenvalue weighted by Crippen LogP contribution is 2.37. The fraction of sp³-hybridized carbons (Fsp3) is 0.217. The largest absolute Gasteiger partial charge is 0.461 e. The molecule has 0 bridgehead atoms. The number of rotatable bonds is 3. The minimum Gasteiger partial charge on any atom is -0.461 e. The summed E-state index contributed by atoms with van der Waals surface area (Å²) in [4.78, 5) is 0. The normalized spacial score (nSPS) is 15.9. The quantitative estimate of drug-likeness (QED) is 0.601. The van der Waals surface area contributed by atoms with Gasteiger partial charge in [0.15, 0.2) is 0 Å². The van der Waals surface area contributed by atoms with Gasteiger partial charge in [-0.3, -0.25) is 0 Å². The molecule has 0 unspecified atom stereocenters. The van der Waals surface area contributed by atoms with Gasteiger partial charge in [0.2, 0.25) is 0 Å². The van der Waals surface area contributed by atoms with Gasteiger partial charge in [-0.1, -0.05) is 60.4 Å². The maximum atomic E-state index is 6.08. The van der Waals surface area contributed by atoms with Crippen molar-refractivity contribution < 1.29 is 9.15 Å². The first-order valence-electron chi connectivity index (χ1n) is 8.74. The predicted molar refractivity (Wildman–Crippen MR) is 99.1 cm³/mol. The molecule has 1 atom stereocenters. The average Bonchev–Trinajstić information content (AvgIpc) is 3.12. The van der Waals surface area contributed by atoms with Crippen LogP contribution in [-0.2, 0) is 11.2 Å². The molecule has 0 aliphatic heterocycles. The summed E-state index contributed by atoms with van der Waals surface area (Å²) in [6.07, 6.45) is 3.17. The highest BCUT2D eigenvalue weighted by Gasteiger charge is 2.25. The summed E-state index contributed by atoms with van der Waals surface area (Å²) in [7, 11) is 0. The van der Waals surface area contributed by atoms with Crippen LogP contribution >= 0.6 is 0 Å². The van der Waals surface area contributed by atoms with E-state index in [1.165, 1.54) is 5.56 Å². The summed E-state index contributed by atoms with van der Waals surface area (Å²) in [5.41, 5.74) is 3.32. The molecule has 0 radical (unpaired) electrons. The van der Waals surface area contributed by atoms with Crippen molar-refractivity contribution >= 4 is 0 Å². The minimum absolute atomic E-state index is 0.0787. The van der Waals surface area contributed by atoms with E-state index < -0.39 is 0 Å². The maximum Gasteiger partial charge on any atom is 0.134 e. The van der Waals surface area contributed by atoms with Gasteiger partial charge in [-0.25, -0.2) is 0 Å². The molecular weight excluding hydrogens is 308 g/mol. The Morgan fingerprint density at radius 3 is 2.56 bits per heavy atom. The molecule has 0 N–H and O–H groups in total. The van der Waals surface area contributed by atoms with Gasteiger partial charge in [0.25, 0.3) is 0 Å². The van der Waals surface area contributed by atoms with Gasteiger partial charge in [0, 0.05) is 23.1 Å². The molecule has 0 saturated heterocycles. The van der Waals surface area contributed by atoms with E-state index in [4.69, 9.17) is 9.15 Å². The fourth-order valence-electron chi connectivity index (χ4n) is 3.23. The number of hydrogen-bond acceptors (Lipinski definition) is 2. The Morgan fingerprint density at radius 1 is 1.00 bits per heavy atom. The first-order valence-corrected chi connectivity index (χ1v) is 8.74. The molecule has 0 saturated carbocycles. The molecule has 25 heavy (non-hydrogen) atoms. The summed E-state index contributed by atoms with van der Waals surface area (Å²) < 4.78 is 12.1. The van der Waals surface area contributed by atoms with Crippen molar-refractivity contribution in [1.29, 1.82) is 0 Å². The van der Waals surface area contributed by atoms with Crippen LogP contribution in [0.25, 0.3) is 11.3 Å². The summed E-state index contributed by atoms with van der Waals surface area (Å²) in [6, 6.07) is 22.4. The van der Waals surface area contributed by atoms with Gasteiger partial charge >= 0.3 is 0 Å². The molecule has 0 spiro atoms. The molecule has 2 aromatic carbocycles.